The quantitative estimate of drug-likeness (QED) is 0.102. The van der Waals surface area contributed by atoms with Gasteiger partial charge in [0, 0.05) is 40.5 Å². The zero-order valence-corrected chi connectivity index (χ0v) is 29.8. The van der Waals surface area contributed by atoms with Gasteiger partial charge in [-0.15, -0.1) is 35.7 Å². The first-order chi connectivity index (χ1) is 22.9. The normalized spacial score (nSPS) is 11.9. The summed E-state index contributed by atoms with van der Waals surface area (Å²) in [6.45, 7) is 8.63. The predicted molar refractivity (Wildman–Crippen MR) is 187 cm³/mol. The summed E-state index contributed by atoms with van der Waals surface area (Å²) in [4.78, 5) is 4.53. The van der Waals surface area contributed by atoms with Crippen molar-refractivity contribution >= 4 is 21.8 Å². The Labute approximate surface area is 295 Å². The smallest absolute Gasteiger partial charge is 0.509 e. The predicted octanol–water partition coefficient (Wildman–Crippen LogP) is 10.9. The number of unbranched alkanes of at least 4 members (excludes halogenated alkanes) is 2. The number of aromatic nitrogens is 4. The second-order valence-electron chi connectivity index (χ2n) is 12.3. The second-order valence-corrected chi connectivity index (χ2v) is 12.3. The van der Waals surface area contributed by atoms with Crippen molar-refractivity contribution in [1.29, 1.82) is 0 Å². The molecule has 1 unspecified atom stereocenters. The summed E-state index contributed by atoms with van der Waals surface area (Å²) in [5.74, 6) is 1.66. The van der Waals surface area contributed by atoms with Crippen molar-refractivity contribution in [2.24, 2.45) is 0 Å². The second kappa shape index (κ2) is 14.3. The van der Waals surface area contributed by atoms with Crippen LogP contribution in [-0.4, -0.2) is 19.3 Å². The number of hydrogen-bond acceptors (Lipinski definition) is 3. The molecule has 0 radical (unpaired) electrons. The van der Waals surface area contributed by atoms with Crippen LogP contribution >= 0.6 is 0 Å². The number of pyridine rings is 1. The standard InChI is InChI=1S/C41H37FN4O.Pt/c1-5-6-8-12-27(2)31-17-20-38-37(23-31)36-19-18-35(26-39(36)45(38)40-24-32(42)21-22-43-40)47-34-16-11-15-33(25-34)46-29(4)41(28(3)44-46)30-13-9-7-10-14-30;/h7,9-11,13-24,27H,5-6,8,12H2,1-4H3;/q-2;+2. The molecule has 5 nitrogen and oxygen atoms in total. The Balaban J connectivity index is 0.00000401. The Hall–Kier alpha value is -4.54. The molecular formula is C41H37FN4OPt. The summed E-state index contributed by atoms with van der Waals surface area (Å²) in [7, 11) is 0. The molecule has 0 bridgehead atoms. The van der Waals surface area contributed by atoms with E-state index >= 15 is 0 Å². The Morgan fingerprint density at radius 2 is 1.67 bits per heavy atom. The van der Waals surface area contributed by atoms with E-state index in [4.69, 9.17) is 9.84 Å². The van der Waals surface area contributed by atoms with Gasteiger partial charge in [-0.1, -0.05) is 81.1 Å². The van der Waals surface area contributed by atoms with Crippen molar-refractivity contribution in [1.82, 2.24) is 19.3 Å². The van der Waals surface area contributed by atoms with Crippen molar-refractivity contribution in [3.05, 3.63) is 132 Å². The number of ether oxygens (including phenoxy) is 1. The third-order valence-corrected chi connectivity index (χ3v) is 8.97. The summed E-state index contributed by atoms with van der Waals surface area (Å²) < 4.78 is 24.7. The molecule has 0 saturated carbocycles. The molecule has 48 heavy (non-hydrogen) atoms. The van der Waals surface area contributed by atoms with Crippen LogP contribution < -0.4 is 4.74 Å². The summed E-state index contributed by atoms with van der Waals surface area (Å²) in [5, 5.41) is 6.94. The van der Waals surface area contributed by atoms with E-state index < -0.39 is 0 Å². The Bertz CT molecular complexity index is 2200. The van der Waals surface area contributed by atoms with E-state index in [9.17, 15) is 4.39 Å². The van der Waals surface area contributed by atoms with Gasteiger partial charge in [0.25, 0.3) is 0 Å². The zero-order chi connectivity index (χ0) is 32.5. The molecule has 0 amide bonds. The molecule has 244 valence electrons. The number of fused-ring (bicyclic) bond motifs is 3. The van der Waals surface area contributed by atoms with E-state index in [0.29, 0.717) is 23.2 Å². The molecule has 7 aromatic rings. The van der Waals surface area contributed by atoms with Crippen LogP contribution in [0, 0.1) is 31.8 Å². The van der Waals surface area contributed by atoms with Gasteiger partial charge in [-0.3, -0.25) is 4.68 Å². The van der Waals surface area contributed by atoms with Gasteiger partial charge in [0.15, 0.2) is 0 Å². The minimum atomic E-state index is -0.343. The van der Waals surface area contributed by atoms with E-state index in [0.717, 1.165) is 56.4 Å². The van der Waals surface area contributed by atoms with Crippen molar-refractivity contribution in [2.45, 2.75) is 59.3 Å². The maximum Gasteiger partial charge on any atom is 2.00 e. The van der Waals surface area contributed by atoms with Gasteiger partial charge in [-0.2, -0.15) is 17.2 Å². The summed E-state index contributed by atoms with van der Waals surface area (Å²) in [6.07, 6.45) is 6.31. The van der Waals surface area contributed by atoms with Crippen LogP contribution in [0.5, 0.6) is 11.5 Å². The van der Waals surface area contributed by atoms with Gasteiger partial charge in [0.05, 0.1) is 5.69 Å². The first-order valence-electron chi connectivity index (χ1n) is 16.4. The first kappa shape index (κ1) is 33.4. The Morgan fingerprint density at radius 1 is 0.854 bits per heavy atom. The molecule has 0 aliphatic rings. The van der Waals surface area contributed by atoms with Crippen LogP contribution in [0.2, 0.25) is 0 Å². The van der Waals surface area contributed by atoms with Gasteiger partial charge < -0.3 is 9.30 Å². The van der Waals surface area contributed by atoms with E-state index in [1.54, 1.807) is 0 Å². The number of benzene rings is 4. The van der Waals surface area contributed by atoms with E-state index in [1.807, 2.05) is 58.6 Å². The fourth-order valence-electron chi connectivity index (χ4n) is 6.57. The molecule has 0 aliphatic heterocycles. The molecule has 0 aliphatic carbocycles. The van der Waals surface area contributed by atoms with Crippen LogP contribution in [0.25, 0.3) is 44.4 Å². The van der Waals surface area contributed by atoms with Crippen LogP contribution in [0.4, 0.5) is 4.39 Å². The average molecular weight is 816 g/mol. The number of nitrogens with zero attached hydrogens (tertiary/aromatic N) is 4. The number of hydrogen-bond donors (Lipinski definition) is 0. The van der Waals surface area contributed by atoms with Crippen molar-refractivity contribution in [2.75, 3.05) is 0 Å². The fraction of sp³-hybridized carbons (Fsp3) is 0.220. The molecule has 3 aromatic heterocycles. The largest absolute Gasteiger partial charge is 2.00 e. The molecule has 7 rings (SSSR count). The van der Waals surface area contributed by atoms with Crippen LogP contribution in [0.3, 0.4) is 0 Å². The molecule has 0 fully saturated rings. The van der Waals surface area contributed by atoms with E-state index in [-0.39, 0.29) is 26.9 Å². The maximum absolute atomic E-state index is 14.5. The number of rotatable bonds is 10. The summed E-state index contributed by atoms with van der Waals surface area (Å²) >= 11 is 0. The SMILES string of the molecule is CCCCCC(C)c1ccc2c(c1)c1ccc(Oc3[c-]c(-n4nc(C)c(-c5ccccc5)c4C)ccc3)[c-]c1n2-c1cc(F)ccn1.[Pt+2]. The van der Waals surface area contributed by atoms with Gasteiger partial charge in [-0.05, 0) is 60.5 Å². The monoisotopic (exact) mass is 815 g/mol. The molecule has 0 N–H and O–H groups in total. The van der Waals surface area contributed by atoms with Gasteiger partial charge in [0.2, 0.25) is 0 Å². The minimum Gasteiger partial charge on any atom is -0.509 e. The average Bonchev–Trinajstić information content (AvgIpc) is 3.57. The Morgan fingerprint density at radius 3 is 2.46 bits per heavy atom. The molecule has 7 heteroatoms. The summed E-state index contributed by atoms with van der Waals surface area (Å²) in [5.41, 5.74) is 8.02. The van der Waals surface area contributed by atoms with Gasteiger partial charge in [-0.25, -0.2) is 9.37 Å². The first-order valence-corrected chi connectivity index (χ1v) is 16.4. The molecule has 1 atom stereocenters. The van der Waals surface area contributed by atoms with Crippen LogP contribution in [-0.2, 0) is 21.1 Å². The summed E-state index contributed by atoms with van der Waals surface area (Å²) in [6, 6.07) is 36.4. The molecule has 0 saturated heterocycles. The molecule has 4 aromatic carbocycles. The Kier molecular flexibility index (Phi) is 9.93. The van der Waals surface area contributed by atoms with Crippen LogP contribution in [0.1, 0.15) is 62.4 Å². The third kappa shape index (κ3) is 6.46. The van der Waals surface area contributed by atoms with Gasteiger partial charge in [0.1, 0.15) is 11.6 Å². The topological polar surface area (TPSA) is 44.9 Å². The maximum atomic E-state index is 14.5. The third-order valence-electron chi connectivity index (χ3n) is 8.97. The van der Waals surface area contributed by atoms with E-state index in [1.165, 1.54) is 43.2 Å². The minimum absolute atomic E-state index is 0. The number of aryl methyl sites for hydroxylation is 1. The zero-order valence-electron chi connectivity index (χ0n) is 27.5. The van der Waals surface area contributed by atoms with Gasteiger partial charge >= 0.3 is 21.1 Å². The van der Waals surface area contributed by atoms with E-state index in [2.05, 4.69) is 74.3 Å². The van der Waals surface area contributed by atoms with Crippen LogP contribution in [0.15, 0.2) is 97.2 Å². The van der Waals surface area contributed by atoms with Crippen molar-refractivity contribution in [3.63, 3.8) is 0 Å². The molecular weight excluding hydrogens is 779 g/mol. The molecule has 3 heterocycles. The fourth-order valence-corrected chi connectivity index (χ4v) is 6.57. The van der Waals surface area contributed by atoms with Crippen molar-refractivity contribution < 1.29 is 30.2 Å². The van der Waals surface area contributed by atoms with Crippen molar-refractivity contribution in [3.8, 4) is 34.1 Å². The molecule has 0 spiro atoms. The number of halogens is 1.